The Balaban J connectivity index is 1.76. The molecule has 7 heteroatoms. The van der Waals surface area contributed by atoms with Gasteiger partial charge in [-0.15, -0.1) is 0 Å². The van der Waals surface area contributed by atoms with E-state index in [0.717, 1.165) is 24.3 Å². The van der Waals surface area contributed by atoms with Crippen LogP contribution in [0.25, 0.3) is 5.69 Å². The van der Waals surface area contributed by atoms with Crippen molar-refractivity contribution >= 4 is 12.2 Å². The topological polar surface area (TPSA) is 55.5 Å². The molecule has 1 fully saturated rings. The molecule has 1 N–H and O–H groups in total. The Morgan fingerprint density at radius 1 is 1.00 bits per heavy atom. The molecule has 0 saturated carbocycles. The summed E-state index contributed by atoms with van der Waals surface area (Å²) in [4.78, 5) is 2.25. The van der Waals surface area contributed by atoms with E-state index in [-0.39, 0.29) is 0 Å². The lowest BCUT2D eigenvalue weighted by atomic mass is 10.1. The first-order valence-electron chi connectivity index (χ1n) is 9.02. The molecule has 3 aromatic rings. The Bertz CT molecular complexity index is 934. The molecule has 0 amide bonds. The van der Waals surface area contributed by atoms with Gasteiger partial charge in [0.15, 0.2) is 5.82 Å². The van der Waals surface area contributed by atoms with Crippen molar-refractivity contribution in [2.24, 2.45) is 0 Å². The maximum atomic E-state index is 11.0. The number of hydrogen-bond donors (Lipinski definition) is 1. The van der Waals surface area contributed by atoms with E-state index in [4.69, 9.17) is 22.1 Å². The highest BCUT2D eigenvalue weighted by molar-refractivity contribution is 7.71. The molecule has 6 nitrogen and oxygen atoms in total. The number of benzene rings is 2. The SMILES string of the molecule is O[C@@H](c1ccccc1)c1nn(CN2CCOCC2)c(=S)n1-c1ccccc1. The lowest BCUT2D eigenvalue weighted by molar-refractivity contribution is 0.0208. The molecule has 140 valence electrons. The minimum Gasteiger partial charge on any atom is -0.380 e. The van der Waals surface area contributed by atoms with E-state index in [9.17, 15) is 5.11 Å². The summed E-state index contributed by atoms with van der Waals surface area (Å²) in [5.74, 6) is 0.519. The zero-order valence-corrected chi connectivity index (χ0v) is 15.8. The van der Waals surface area contributed by atoms with Crippen molar-refractivity contribution in [3.8, 4) is 5.69 Å². The predicted octanol–water partition coefficient (Wildman–Crippen LogP) is 2.77. The van der Waals surface area contributed by atoms with E-state index < -0.39 is 6.10 Å². The predicted molar refractivity (Wildman–Crippen MR) is 105 cm³/mol. The molecule has 1 aromatic heterocycles. The van der Waals surface area contributed by atoms with Gasteiger partial charge in [0.2, 0.25) is 4.77 Å². The van der Waals surface area contributed by atoms with Crippen LogP contribution in [0.2, 0.25) is 0 Å². The molecule has 27 heavy (non-hydrogen) atoms. The van der Waals surface area contributed by atoms with E-state index in [2.05, 4.69) is 4.90 Å². The van der Waals surface area contributed by atoms with Gasteiger partial charge in [-0.1, -0.05) is 48.5 Å². The van der Waals surface area contributed by atoms with Gasteiger partial charge in [0.05, 0.1) is 19.9 Å². The zero-order valence-electron chi connectivity index (χ0n) is 14.9. The fourth-order valence-corrected chi connectivity index (χ4v) is 3.53. The summed E-state index contributed by atoms with van der Waals surface area (Å²) in [7, 11) is 0. The highest BCUT2D eigenvalue weighted by Gasteiger charge is 2.22. The Hall–Kier alpha value is -2.32. The normalized spacial score (nSPS) is 16.3. The van der Waals surface area contributed by atoms with E-state index >= 15 is 0 Å². The lowest BCUT2D eigenvalue weighted by Crippen LogP contribution is -2.37. The highest BCUT2D eigenvalue weighted by Crippen LogP contribution is 2.24. The Labute approximate surface area is 163 Å². The van der Waals surface area contributed by atoms with Gasteiger partial charge in [-0.2, -0.15) is 5.10 Å². The number of hydrogen-bond acceptors (Lipinski definition) is 5. The average Bonchev–Trinajstić information content (AvgIpc) is 3.05. The molecule has 0 unspecified atom stereocenters. The third kappa shape index (κ3) is 3.86. The van der Waals surface area contributed by atoms with Crippen molar-refractivity contribution in [1.29, 1.82) is 0 Å². The van der Waals surface area contributed by atoms with Crippen LogP contribution in [0.5, 0.6) is 0 Å². The minimum absolute atomic E-state index is 0.519. The molecule has 1 atom stereocenters. The maximum absolute atomic E-state index is 11.0. The summed E-state index contributed by atoms with van der Waals surface area (Å²) >= 11 is 5.73. The van der Waals surface area contributed by atoms with Crippen molar-refractivity contribution in [1.82, 2.24) is 19.2 Å². The third-order valence-electron chi connectivity index (χ3n) is 4.68. The molecule has 2 heterocycles. The number of aliphatic hydroxyl groups is 1. The molecule has 1 saturated heterocycles. The van der Waals surface area contributed by atoms with Crippen molar-refractivity contribution < 1.29 is 9.84 Å². The molecule has 0 bridgehead atoms. The molecule has 0 radical (unpaired) electrons. The Morgan fingerprint density at radius 3 is 2.30 bits per heavy atom. The Kier molecular flexibility index (Phi) is 5.45. The smallest absolute Gasteiger partial charge is 0.203 e. The van der Waals surface area contributed by atoms with Crippen molar-refractivity contribution in [2.45, 2.75) is 12.8 Å². The first kappa shape index (κ1) is 18.1. The fraction of sp³-hybridized carbons (Fsp3) is 0.300. The molecular weight excluding hydrogens is 360 g/mol. The number of ether oxygens (including phenoxy) is 1. The van der Waals surface area contributed by atoms with Gasteiger partial charge in [0.25, 0.3) is 0 Å². The van der Waals surface area contributed by atoms with Crippen LogP contribution < -0.4 is 0 Å². The van der Waals surface area contributed by atoms with Gasteiger partial charge in [-0.3, -0.25) is 9.47 Å². The molecule has 4 rings (SSSR count). The molecule has 0 aliphatic carbocycles. The monoisotopic (exact) mass is 382 g/mol. The first-order chi connectivity index (χ1) is 13.2. The number of aliphatic hydroxyl groups excluding tert-OH is 1. The summed E-state index contributed by atoms with van der Waals surface area (Å²) in [6, 6.07) is 19.3. The van der Waals surface area contributed by atoms with Crippen molar-refractivity contribution in [3.63, 3.8) is 0 Å². The summed E-state index contributed by atoms with van der Waals surface area (Å²) in [6.45, 7) is 3.70. The minimum atomic E-state index is -0.862. The summed E-state index contributed by atoms with van der Waals surface area (Å²) in [5, 5.41) is 15.7. The van der Waals surface area contributed by atoms with Crippen LogP contribution in [0.15, 0.2) is 60.7 Å². The summed E-state index contributed by atoms with van der Waals surface area (Å²) in [6.07, 6.45) is -0.862. The zero-order chi connectivity index (χ0) is 18.6. The van der Waals surface area contributed by atoms with Crippen LogP contribution >= 0.6 is 12.2 Å². The standard InChI is InChI=1S/C20H22N4O2S/c25-18(16-7-3-1-4-8-16)19-21-23(15-22-11-13-26-14-12-22)20(27)24(19)17-9-5-2-6-10-17/h1-10,18,25H,11-15H2/t18-/m0/s1. The van der Waals surface area contributed by atoms with Crippen LogP contribution in [0.4, 0.5) is 0 Å². The van der Waals surface area contributed by atoms with E-state index in [1.54, 1.807) is 4.68 Å². The molecule has 0 spiro atoms. The summed E-state index contributed by atoms with van der Waals surface area (Å²) in [5.41, 5.74) is 1.67. The quantitative estimate of drug-likeness (QED) is 0.688. The number of para-hydroxylation sites is 1. The molecule has 2 aromatic carbocycles. The largest absolute Gasteiger partial charge is 0.380 e. The van der Waals surface area contributed by atoms with E-state index in [1.165, 1.54) is 0 Å². The van der Waals surface area contributed by atoms with Crippen LogP contribution in [0.3, 0.4) is 0 Å². The average molecular weight is 382 g/mol. The number of aromatic nitrogens is 3. The van der Waals surface area contributed by atoms with Crippen LogP contribution in [0, 0.1) is 4.77 Å². The number of morpholine rings is 1. The van der Waals surface area contributed by atoms with E-state index in [1.807, 2.05) is 65.2 Å². The lowest BCUT2D eigenvalue weighted by Gasteiger charge is -2.26. The van der Waals surface area contributed by atoms with Gasteiger partial charge in [-0.05, 0) is 29.9 Å². The second-order valence-corrected chi connectivity index (χ2v) is 6.86. The third-order valence-corrected chi connectivity index (χ3v) is 5.07. The number of rotatable bonds is 5. The molecule has 1 aliphatic rings. The molecule has 1 aliphatic heterocycles. The van der Waals surface area contributed by atoms with Crippen LogP contribution in [0.1, 0.15) is 17.5 Å². The number of nitrogens with zero attached hydrogens (tertiary/aromatic N) is 4. The molecular formula is C20H22N4O2S. The van der Waals surface area contributed by atoms with Gasteiger partial charge in [0, 0.05) is 18.8 Å². The second-order valence-electron chi connectivity index (χ2n) is 6.50. The van der Waals surface area contributed by atoms with Crippen LogP contribution in [-0.4, -0.2) is 50.7 Å². The van der Waals surface area contributed by atoms with Gasteiger partial charge in [0.1, 0.15) is 6.10 Å². The van der Waals surface area contributed by atoms with Gasteiger partial charge in [-0.25, -0.2) is 4.68 Å². The van der Waals surface area contributed by atoms with E-state index in [0.29, 0.717) is 30.5 Å². The second kappa shape index (κ2) is 8.14. The van der Waals surface area contributed by atoms with Crippen molar-refractivity contribution in [3.05, 3.63) is 76.8 Å². The highest BCUT2D eigenvalue weighted by atomic mass is 32.1. The van der Waals surface area contributed by atoms with Gasteiger partial charge >= 0.3 is 0 Å². The summed E-state index contributed by atoms with van der Waals surface area (Å²) < 4.78 is 9.63. The first-order valence-corrected chi connectivity index (χ1v) is 9.43. The maximum Gasteiger partial charge on any atom is 0.203 e. The fourth-order valence-electron chi connectivity index (χ4n) is 3.23. The van der Waals surface area contributed by atoms with Crippen molar-refractivity contribution in [2.75, 3.05) is 26.3 Å². The van der Waals surface area contributed by atoms with Gasteiger partial charge < -0.3 is 9.84 Å². The Morgan fingerprint density at radius 2 is 1.63 bits per heavy atom. The van der Waals surface area contributed by atoms with Crippen LogP contribution in [-0.2, 0) is 11.4 Å².